The summed E-state index contributed by atoms with van der Waals surface area (Å²) >= 11 is 6.17. The number of aromatic nitrogens is 5. The lowest BCUT2D eigenvalue weighted by molar-refractivity contribution is 0.210. The number of pyridine rings is 2. The molecule has 7 heteroatoms. The van der Waals surface area contributed by atoms with Gasteiger partial charge in [-0.1, -0.05) is 17.7 Å². The minimum absolute atomic E-state index is 0.355. The van der Waals surface area contributed by atoms with Crippen molar-refractivity contribution in [3.8, 4) is 11.5 Å². The maximum absolute atomic E-state index is 6.17. The van der Waals surface area contributed by atoms with Gasteiger partial charge in [-0.2, -0.15) is 0 Å². The van der Waals surface area contributed by atoms with Crippen molar-refractivity contribution >= 4 is 11.6 Å². The van der Waals surface area contributed by atoms with Crippen LogP contribution in [0.1, 0.15) is 36.0 Å². The van der Waals surface area contributed by atoms with Gasteiger partial charge in [0.15, 0.2) is 5.82 Å². The molecule has 0 N–H and O–H groups in total. The van der Waals surface area contributed by atoms with Gasteiger partial charge in [0.1, 0.15) is 11.5 Å². The van der Waals surface area contributed by atoms with E-state index in [0.717, 1.165) is 48.7 Å². The van der Waals surface area contributed by atoms with E-state index in [-0.39, 0.29) is 0 Å². The predicted octanol–water partition coefficient (Wildman–Crippen LogP) is 3.55. The van der Waals surface area contributed by atoms with Gasteiger partial charge in [0.2, 0.25) is 0 Å². The molecule has 0 saturated carbocycles. The molecule has 0 atom stereocenters. The standard InChI is InChI=1S/C20H23ClN6/c1-14-15(11-16(21)13-23-14)12-19-24-20(18-5-3-4-8-22-18)25-27(19)17-6-9-26(2)10-7-17/h3-5,8,11,13,17H,6-7,9-10,12H2,1-2H3. The summed E-state index contributed by atoms with van der Waals surface area (Å²) in [7, 11) is 2.17. The average Bonchev–Trinajstić information content (AvgIpc) is 3.10. The van der Waals surface area contributed by atoms with E-state index in [1.807, 2.05) is 31.2 Å². The van der Waals surface area contributed by atoms with Gasteiger partial charge in [-0.3, -0.25) is 9.97 Å². The third-order valence-corrected chi connectivity index (χ3v) is 5.34. The summed E-state index contributed by atoms with van der Waals surface area (Å²) in [5, 5.41) is 5.49. The highest BCUT2D eigenvalue weighted by Gasteiger charge is 2.24. The van der Waals surface area contributed by atoms with Crippen molar-refractivity contribution < 1.29 is 0 Å². The van der Waals surface area contributed by atoms with Crippen molar-refractivity contribution in [2.24, 2.45) is 0 Å². The van der Waals surface area contributed by atoms with Crippen LogP contribution >= 0.6 is 11.6 Å². The molecule has 0 bridgehead atoms. The smallest absolute Gasteiger partial charge is 0.200 e. The van der Waals surface area contributed by atoms with E-state index in [1.165, 1.54) is 0 Å². The number of hydrogen-bond acceptors (Lipinski definition) is 5. The number of rotatable bonds is 4. The molecule has 1 fully saturated rings. The van der Waals surface area contributed by atoms with Gasteiger partial charge in [-0.05, 0) is 63.7 Å². The molecule has 1 saturated heterocycles. The van der Waals surface area contributed by atoms with Crippen LogP contribution in [0.5, 0.6) is 0 Å². The van der Waals surface area contributed by atoms with E-state index in [0.29, 0.717) is 23.3 Å². The van der Waals surface area contributed by atoms with Gasteiger partial charge in [-0.15, -0.1) is 5.10 Å². The van der Waals surface area contributed by atoms with Crippen LogP contribution in [0.2, 0.25) is 5.02 Å². The van der Waals surface area contributed by atoms with E-state index >= 15 is 0 Å². The fourth-order valence-corrected chi connectivity index (χ4v) is 3.69. The van der Waals surface area contributed by atoms with E-state index in [1.54, 1.807) is 12.4 Å². The lowest BCUT2D eigenvalue weighted by Gasteiger charge is -2.29. The van der Waals surface area contributed by atoms with Crippen molar-refractivity contribution in [1.29, 1.82) is 0 Å². The summed E-state index contributed by atoms with van der Waals surface area (Å²) in [6.07, 6.45) is 6.26. The number of likely N-dealkylation sites (tertiary alicyclic amines) is 1. The second-order valence-electron chi connectivity index (χ2n) is 7.12. The fourth-order valence-electron chi connectivity index (χ4n) is 3.51. The minimum Gasteiger partial charge on any atom is -0.306 e. The Morgan fingerprint density at radius 2 is 2.00 bits per heavy atom. The third-order valence-electron chi connectivity index (χ3n) is 5.14. The quantitative estimate of drug-likeness (QED) is 0.690. The van der Waals surface area contributed by atoms with Crippen molar-refractivity contribution in [2.75, 3.05) is 20.1 Å². The monoisotopic (exact) mass is 382 g/mol. The highest BCUT2D eigenvalue weighted by Crippen LogP contribution is 2.26. The Kier molecular flexibility index (Phi) is 5.18. The zero-order chi connectivity index (χ0) is 18.8. The van der Waals surface area contributed by atoms with Crippen LogP contribution in [0.25, 0.3) is 11.5 Å². The van der Waals surface area contributed by atoms with Crippen molar-refractivity contribution in [2.45, 2.75) is 32.2 Å². The summed E-state index contributed by atoms with van der Waals surface area (Å²) in [4.78, 5) is 16.0. The maximum Gasteiger partial charge on any atom is 0.200 e. The number of halogens is 1. The van der Waals surface area contributed by atoms with Crippen LogP contribution in [-0.2, 0) is 6.42 Å². The zero-order valence-corrected chi connectivity index (χ0v) is 16.4. The molecule has 27 heavy (non-hydrogen) atoms. The minimum atomic E-state index is 0.355. The highest BCUT2D eigenvalue weighted by molar-refractivity contribution is 6.30. The predicted molar refractivity (Wildman–Crippen MR) is 106 cm³/mol. The molecule has 1 aliphatic heterocycles. The molecule has 0 radical (unpaired) electrons. The van der Waals surface area contributed by atoms with Gasteiger partial charge in [0.05, 0.1) is 11.1 Å². The van der Waals surface area contributed by atoms with Gasteiger partial charge >= 0.3 is 0 Å². The first-order valence-corrected chi connectivity index (χ1v) is 9.64. The Balaban J connectivity index is 1.71. The molecule has 0 amide bonds. The second-order valence-corrected chi connectivity index (χ2v) is 7.56. The van der Waals surface area contributed by atoms with E-state index in [2.05, 4.69) is 26.6 Å². The highest BCUT2D eigenvalue weighted by atomic mass is 35.5. The SMILES string of the molecule is Cc1ncc(Cl)cc1Cc1nc(-c2ccccn2)nn1C1CCN(C)CC1. The first-order chi connectivity index (χ1) is 13.1. The Labute approximate surface area is 164 Å². The summed E-state index contributed by atoms with van der Waals surface area (Å²) in [6, 6.07) is 8.14. The van der Waals surface area contributed by atoms with Gasteiger partial charge in [0.25, 0.3) is 0 Å². The normalized spacial score (nSPS) is 16.0. The number of piperidine rings is 1. The summed E-state index contributed by atoms with van der Waals surface area (Å²) in [5.74, 6) is 1.62. The molecule has 0 aromatic carbocycles. The molecule has 140 valence electrons. The largest absolute Gasteiger partial charge is 0.306 e. The Morgan fingerprint density at radius 1 is 1.19 bits per heavy atom. The molecule has 4 heterocycles. The van der Waals surface area contributed by atoms with Crippen molar-refractivity contribution in [3.63, 3.8) is 0 Å². The lowest BCUT2D eigenvalue weighted by Crippen LogP contribution is -2.32. The van der Waals surface area contributed by atoms with Gasteiger partial charge < -0.3 is 4.90 Å². The second kappa shape index (κ2) is 7.74. The van der Waals surface area contributed by atoms with Crippen LogP contribution in [-0.4, -0.2) is 49.8 Å². The molecule has 0 unspecified atom stereocenters. The Bertz CT molecular complexity index is 915. The Hall–Kier alpha value is -2.31. The number of aryl methyl sites for hydroxylation is 1. The number of nitrogens with zero attached hydrogens (tertiary/aromatic N) is 6. The van der Waals surface area contributed by atoms with Crippen molar-refractivity contribution in [3.05, 3.63) is 58.8 Å². The first-order valence-electron chi connectivity index (χ1n) is 9.26. The molecule has 3 aromatic rings. The molecule has 0 aliphatic carbocycles. The third kappa shape index (κ3) is 4.01. The van der Waals surface area contributed by atoms with Crippen LogP contribution in [0.15, 0.2) is 36.7 Å². The Morgan fingerprint density at radius 3 is 2.74 bits per heavy atom. The first kappa shape index (κ1) is 18.1. The number of hydrogen-bond donors (Lipinski definition) is 0. The fraction of sp³-hybridized carbons (Fsp3) is 0.400. The molecule has 4 rings (SSSR count). The average molecular weight is 383 g/mol. The van der Waals surface area contributed by atoms with Gasteiger partial charge in [-0.25, -0.2) is 9.67 Å². The van der Waals surface area contributed by atoms with Crippen LogP contribution in [0.4, 0.5) is 0 Å². The molecule has 1 aliphatic rings. The molecular formula is C20H23ClN6. The van der Waals surface area contributed by atoms with Gasteiger partial charge in [0, 0.05) is 24.5 Å². The molecular weight excluding hydrogens is 360 g/mol. The topological polar surface area (TPSA) is 59.7 Å². The van der Waals surface area contributed by atoms with E-state index in [9.17, 15) is 0 Å². The maximum atomic E-state index is 6.17. The van der Waals surface area contributed by atoms with E-state index in [4.69, 9.17) is 21.7 Å². The zero-order valence-electron chi connectivity index (χ0n) is 15.6. The summed E-state index contributed by atoms with van der Waals surface area (Å²) in [5.41, 5.74) is 2.85. The summed E-state index contributed by atoms with van der Waals surface area (Å²) < 4.78 is 2.11. The van der Waals surface area contributed by atoms with Crippen LogP contribution < -0.4 is 0 Å². The molecule has 6 nitrogen and oxygen atoms in total. The van der Waals surface area contributed by atoms with Crippen molar-refractivity contribution in [1.82, 2.24) is 29.6 Å². The molecule has 0 spiro atoms. The van der Waals surface area contributed by atoms with E-state index < -0.39 is 0 Å². The molecule has 3 aromatic heterocycles. The summed E-state index contributed by atoms with van der Waals surface area (Å²) in [6.45, 7) is 4.14. The lowest BCUT2D eigenvalue weighted by atomic mass is 10.0. The van der Waals surface area contributed by atoms with Crippen LogP contribution in [0, 0.1) is 6.92 Å². The van der Waals surface area contributed by atoms with Crippen LogP contribution in [0.3, 0.4) is 0 Å².